The van der Waals surface area contributed by atoms with Crippen molar-refractivity contribution in [1.82, 2.24) is 0 Å². The van der Waals surface area contributed by atoms with Crippen molar-refractivity contribution >= 4 is 11.3 Å². The van der Waals surface area contributed by atoms with Crippen molar-refractivity contribution < 1.29 is 0 Å². The lowest BCUT2D eigenvalue weighted by molar-refractivity contribution is 1.03. The first-order chi connectivity index (χ1) is 8.36. The highest BCUT2D eigenvalue weighted by molar-refractivity contribution is 5.90. The quantitative estimate of drug-likeness (QED) is 0.717. The Morgan fingerprint density at radius 1 is 0.765 bits per heavy atom. The Bertz CT molecular complexity index is 753. The first-order valence-corrected chi connectivity index (χ1v) is 6.07. The molecule has 0 radical (unpaired) electrons. The average Bonchev–Trinajstić information content (AvgIpc) is 2.70. The van der Waals surface area contributed by atoms with Gasteiger partial charge in [0, 0.05) is 10.9 Å². The van der Waals surface area contributed by atoms with Crippen LogP contribution >= 0.6 is 0 Å². The Kier molecular flexibility index (Phi) is 1.60. The van der Waals surface area contributed by atoms with Gasteiger partial charge in [-0.1, -0.05) is 42.5 Å². The van der Waals surface area contributed by atoms with Gasteiger partial charge < -0.3 is 5.73 Å². The predicted molar refractivity (Wildman–Crippen MR) is 70.5 cm³/mol. The first-order valence-electron chi connectivity index (χ1n) is 6.07. The molecular formula is C16H13N. The third-order valence-corrected chi connectivity index (χ3v) is 3.90. The minimum atomic E-state index is 0.986. The van der Waals surface area contributed by atoms with Gasteiger partial charge in [0.15, 0.2) is 0 Å². The third kappa shape index (κ3) is 1.04. The molecule has 2 N–H and O–H groups in total. The lowest BCUT2D eigenvalue weighted by atomic mass is 9.96. The molecular weight excluding hydrogens is 206 g/mol. The van der Waals surface area contributed by atoms with Crippen LogP contribution in [0.25, 0.3) is 22.4 Å². The summed E-state index contributed by atoms with van der Waals surface area (Å²) in [7, 11) is 0. The lowest BCUT2D eigenvalue weighted by Gasteiger charge is -2.11. The molecule has 0 atom stereocenters. The summed E-state index contributed by atoms with van der Waals surface area (Å²) in [4.78, 5) is 0. The number of hydrogen-bond donors (Lipinski definition) is 1. The zero-order chi connectivity index (χ0) is 11.4. The molecule has 1 heteroatoms. The van der Waals surface area contributed by atoms with Crippen molar-refractivity contribution in [3.8, 4) is 11.1 Å². The van der Waals surface area contributed by atoms with E-state index in [1.807, 2.05) is 0 Å². The zero-order valence-electron chi connectivity index (χ0n) is 9.53. The van der Waals surface area contributed by atoms with E-state index < -0.39 is 0 Å². The van der Waals surface area contributed by atoms with Gasteiger partial charge in [0.1, 0.15) is 0 Å². The van der Waals surface area contributed by atoms with Gasteiger partial charge in [0.05, 0.1) is 0 Å². The maximum atomic E-state index is 6.14. The second kappa shape index (κ2) is 3.01. The predicted octanol–water partition coefficient (Wildman–Crippen LogP) is 1.73. The molecule has 4 rings (SSSR count). The van der Waals surface area contributed by atoms with Gasteiger partial charge in [0.2, 0.25) is 0 Å². The molecule has 2 aliphatic carbocycles. The summed E-state index contributed by atoms with van der Waals surface area (Å²) in [5, 5.41) is 2.64. The summed E-state index contributed by atoms with van der Waals surface area (Å²) in [5.41, 5.74) is 12.8. The summed E-state index contributed by atoms with van der Waals surface area (Å²) in [6.07, 6.45) is 2.06. The summed E-state index contributed by atoms with van der Waals surface area (Å²) in [6, 6.07) is 15.2. The van der Waals surface area contributed by atoms with Gasteiger partial charge in [0.25, 0.3) is 0 Å². The summed E-state index contributed by atoms with van der Waals surface area (Å²) in [5.74, 6) is 0. The molecule has 0 fully saturated rings. The van der Waals surface area contributed by atoms with Crippen LogP contribution in [0.5, 0.6) is 0 Å². The van der Waals surface area contributed by atoms with Gasteiger partial charge >= 0.3 is 0 Å². The van der Waals surface area contributed by atoms with E-state index in [1.54, 1.807) is 0 Å². The van der Waals surface area contributed by atoms with Crippen molar-refractivity contribution in [2.45, 2.75) is 12.8 Å². The Hall–Kier alpha value is -2.02. The van der Waals surface area contributed by atoms with E-state index in [1.165, 1.54) is 32.7 Å². The van der Waals surface area contributed by atoms with Crippen molar-refractivity contribution in [2.24, 2.45) is 5.73 Å². The molecule has 0 spiro atoms. The first kappa shape index (κ1) is 9.06. The SMILES string of the molecule is NC1=c2cccc3c2=C(CC1)c1ccccc1-3. The number of rotatable bonds is 0. The molecule has 2 aromatic rings. The van der Waals surface area contributed by atoms with E-state index in [2.05, 4.69) is 42.5 Å². The number of fused-ring (bicyclic) bond motifs is 3. The number of hydrogen-bond acceptors (Lipinski definition) is 1. The fourth-order valence-corrected chi connectivity index (χ4v) is 3.14. The van der Waals surface area contributed by atoms with Crippen molar-refractivity contribution in [3.63, 3.8) is 0 Å². The fourth-order valence-electron chi connectivity index (χ4n) is 3.14. The summed E-state index contributed by atoms with van der Waals surface area (Å²) >= 11 is 0. The molecule has 2 aliphatic rings. The molecule has 17 heavy (non-hydrogen) atoms. The van der Waals surface area contributed by atoms with Crippen LogP contribution in [0, 0.1) is 0 Å². The zero-order valence-corrected chi connectivity index (χ0v) is 9.53. The molecule has 0 unspecified atom stereocenters. The minimum Gasteiger partial charge on any atom is -0.402 e. The van der Waals surface area contributed by atoms with Crippen LogP contribution in [0.1, 0.15) is 18.4 Å². The van der Waals surface area contributed by atoms with Crippen LogP contribution in [-0.2, 0) is 0 Å². The Balaban J connectivity index is 2.29. The molecule has 0 saturated heterocycles. The van der Waals surface area contributed by atoms with Crippen molar-refractivity contribution in [3.05, 3.63) is 58.5 Å². The van der Waals surface area contributed by atoms with Crippen molar-refractivity contribution in [2.75, 3.05) is 0 Å². The smallest absolute Gasteiger partial charge is 0.0164 e. The number of nitrogens with two attached hydrogens (primary N) is 1. The maximum absolute atomic E-state index is 6.14. The van der Waals surface area contributed by atoms with Gasteiger partial charge in [-0.25, -0.2) is 0 Å². The van der Waals surface area contributed by atoms with Gasteiger partial charge in [-0.3, -0.25) is 0 Å². The highest BCUT2D eigenvalue weighted by Gasteiger charge is 2.22. The molecule has 0 bridgehead atoms. The molecule has 0 aliphatic heterocycles. The number of benzene rings is 2. The maximum Gasteiger partial charge on any atom is 0.0164 e. The molecule has 1 nitrogen and oxygen atoms in total. The largest absolute Gasteiger partial charge is 0.402 e. The van der Waals surface area contributed by atoms with Crippen LogP contribution in [0.15, 0.2) is 42.5 Å². The van der Waals surface area contributed by atoms with Crippen LogP contribution in [-0.4, -0.2) is 0 Å². The monoisotopic (exact) mass is 219 g/mol. The van der Waals surface area contributed by atoms with Crippen LogP contribution in [0.4, 0.5) is 0 Å². The molecule has 0 saturated carbocycles. The third-order valence-electron chi connectivity index (χ3n) is 3.90. The summed E-state index contributed by atoms with van der Waals surface area (Å²) in [6.45, 7) is 0. The van der Waals surface area contributed by atoms with E-state index in [0.29, 0.717) is 0 Å². The van der Waals surface area contributed by atoms with E-state index in [9.17, 15) is 0 Å². The molecule has 2 aromatic carbocycles. The Morgan fingerprint density at radius 2 is 1.53 bits per heavy atom. The van der Waals surface area contributed by atoms with Crippen LogP contribution in [0.2, 0.25) is 0 Å². The standard InChI is InChI=1S/C16H13N/c17-15-9-8-13-11-5-2-1-4-10(11)12-6-3-7-14(15)16(12)13/h1-7H,8-9,17H2. The highest BCUT2D eigenvalue weighted by Crippen LogP contribution is 2.34. The molecule has 82 valence electrons. The van der Waals surface area contributed by atoms with Crippen LogP contribution in [0.3, 0.4) is 0 Å². The van der Waals surface area contributed by atoms with Crippen LogP contribution < -0.4 is 16.2 Å². The average molecular weight is 219 g/mol. The molecule has 0 aromatic heterocycles. The molecule has 0 amide bonds. The molecule has 0 heterocycles. The van der Waals surface area contributed by atoms with E-state index >= 15 is 0 Å². The topological polar surface area (TPSA) is 26.0 Å². The second-order valence-electron chi connectivity index (χ2n) is 4.78. The van der Waals surface area contributed by atoms with E-state index in [4.69, 9.17) is 5.73 Å². The van der Waals surface area contributed by atoms with E-state index in [0.717, 1.165) is 18.5 Å². The van der Waals surface area contributed by atoms with E-state index in [-0.39, 0.29) is 0 Å². The van der Waals surface area contributed by atoms with Gasteiger partial charge in [-0.15, -0.1) is 0 Å². The normalized spacial score (nSPS) is 15.8. The fraction of sp³-hybridized carbons (Fsp3) is 0.125. The summed E-state index contributed by atoms with van der Waals surface area (Å²) < 4.78 is 0. The Morgan fingerprint density at radius 3 is 2.41 bits per heavy atom. The van der Waals surface area contributed by atoms with Gasteiger partial charge in [-0.2, -0.15) is 0 Å². The lowest BCUT2D eigenvalue weighted by Crippen LogP contribution is -2.34. The van der Waals surface area contributed by atoms with Gasteiger partial charge in [-0.05, 0) is 40.3 Å². The highest BCUT2D eigenvalue weighted by atomic mass is 14.6. The Labute approximate surface area is 99.9 Å². The van der Waals surface area contributed by atoms with Crippen molar-refractivity contribution in [1.29, 1.82) is 0 Å². The second-order valence-corrected chi connectivity index (χ2v) is 4.78. The minimum absolute atomic E-state index is 0.986.